The number of esters is 1. The maximum atomic E-state index is 12.4. The largest absolute Gasteiger partial charge is 0.465 e. The number of aryl methyl sites for hydroxylation is 1. The van der Waals surface area contributed by atoms with Crippen molar-refractivity contribution >= 4 is 28.2 Å². The summed E-state index contributed by atoms with van der Waals surface area (Å²) >= 11 is 1.29. The molecule has 1 aromatic carbocycles. The lowest BCUT2D eigenvalue weighted by Gasteiger charge is -2.08. The third kappa shape index (κ3) is 3.65. The van der Waals surface area contributed by atoms with Crippen LogP contribution in [0.1, 0.15) is 33.2 Å². The van der Waals surface area contributed by atoms with Gasteiger partial charge in [-0.3, -0.25) is 9.78 Å². The highest BCUT2D eigenvalue weighted by Crippen LogP contribution is 2.36. The van der Waals surface area contributed by atoms with Crippen molar-refractivity contribution in [2.75, 3.05) is 12.4 Å². The van der Waals surface area contributed by atoms with Gasteiger partial charge in [-0.25, -0.2) is 4.79 Å². The Morgan fingerprint density at radius 3 is 2.58 bits per heavy atom. The number of pyridine rings is 1. The Balaban J connectivity index is 1.97. The molecule has 26 heavy (non-hydrogen) atoms. The van der Waals surface area contributed by atoms with Crippen LogP contribution in [0.4, 0.5) is 5.00 Å². The Morgan fingerprint density at radius 2 is 1.96 bits per heavy atom. The fraction of sp³-hybridized carbons (Fsp3) is 0.150. The number of carbonyl (C=O) groups is 2. The first kappa shape index (κ1) is 17.8. The number of hydrogen-bond acceptors (Lipinski definition) is 5. The van der Waals surface area contributed by atoms with Gasteiger partial charge < -0.3 is 10.1 Å². The van der Waals surface area contributed by atoms with Gasteiger partial charge in [0.15, 0.2) is 0 Å². The predicted octanol–water partition coefficient (Wildman–Crippen LogP) is 4.41. The van der Waals surface area contributed by atoms with Crippen molar-refractivity contribution in [2.24, 2.45) is 0 Å². The summed E-state index contributed by atoms with van der Waals surface area (Å²) < 4.78 is 4.93. The molecular weight excluding hydrogens is 348 g/mol. The standard InChI is InChI=1S/C20H18N2O3S/c1-3-13-6-8-14(9-7-13)16-12-26-19(17(16)20(24)25-2)22-18(23)15-5-4-10-21-11-15/h4-12H,3H2,1-2H3,(H,22,23). The van der Waals surface area contributed by atoms with Crippen LogP contribution in [0.25, 0.3) is 11.1 Å². The quantitative estimate of drug-likeness (QED) is 0.679. The third-order valence-corrected chi connectivity index (χ3v) is 4.90. The normalized spacial score (nSPS) is 10.4. The predicted molar refractivity (Wildman–Crippen MR) is 103 cm³/mol. The van der Waals surface area contributed by atoms with E-state index in [1.807, 2.05) is 29.6 Å². The molecule has 0 bridgehead atoms. The van der Waals surface area contributed by atoms with Gasteiger partial charge in [-0.05, 0) is 29.7 Å². The van der Waals surface area contributed by atoms with Gasteiger partial charge in [-0.1, -0.05) is 31.2 Å². The summed E-state index contributed by atoms with van der Waals surface area (Å²) in [7, 11) is 1.33. The van der Waals surface area contributed by atoms with Crippen LogP contribution in [-0.4, -0.2) is 24.0 Å². The molecule has 0 aliphatic rings. The number of rotatable bonds is 5. The third-order valence-electron chi connectivity index (χ3n) is 4.00. The molecule has 0 saturated heterocycles. The Bertz CT molecular complexity index is 918. The van der Waals surface area contributed by atoms with E-state index in [9.17, 15) is 9.59 Å². The number of carbonyl (C=O) groups excluding carboxylic acids is 2. The van der Waals surface area contributed by atoms with Crippen molar-refractivity contribution in [3.63, 3.8) is 0 Å². The molecule has 1 N–H and O–H groups in total. The van der Waals surface area contributed by atoms with Gasteiger partial charge >= 0.3 is 5.97 Å². The minimum atomic E-state index is -0.484. The van der Waals surface area contributed by atoms with Gasteiger partial charge in [0.25, 0.3) is 5.91 Å². The van der Waals surface area contributed by atoms with Gasteiger partial charge in [-0.2, -0.15) is 0 Å². The monoisotopic (exact) mass is 366 g/mol. The van der Waals surface area contributed by atoms with Crippen LogP contribution >= 0.6 is 11.3 Å². The van der Waals surface area contributed by atoms with Crippen molar-refractivity contribution in [1.29, 1.82) is 0 Å². The summed E-state index contributed by atoms with van der Waals surface area (Å²) in [6.45, 7) is 2.09. The summed E-state index contributed by atoms with van der Waals surface area (Å²) in [6.07, 6.45) is 4.02. The zero-order valence-corrected chi connectivity index (χ0v) is 15.3. The molecule has 1 amide bonds. The molecule has 0 radical (unpaired) electrons. The van der Waals surface area contributed by atoms with E-state index in [1.54, 1.807) is 18.3 Å². The second-order valence-electron chi connectivity index (χ2n) is 5.59. The lowest BCUT2D eigenvalue weighted by atomic mass is 10.0. The zero-order chi connectivity index (χ0) is 18.5. The van der Waals surface area contributed by atoms with Crippen molar-refractivity contribution in [3.05, 3.63) is 70.9 Å². The van der Waals surface area contributed by atoms with E-state index in [4.69, 9.17) is 4.74 Å². The summed E-state index contributed by atoms with van der Waals surface area (Å²) in [5.41, 5.74) is 3.64. The minimum Gasteiger partial charge on any atom is -0.465 e. The van der Waals surface area contributed by atoms with E-state index in [2.05, 4.69) is 17.2 Å². The zero-order valence-electron chi connectivity index (χ0n) is 14.5. The fourth-order valence-electron chi connectivity index (χ4n) is 2.56. The highest BCUT2D eigenvalue weighted by atomic mass is 32.1. The number of benzene rings is 1. The molecule has 6 heteroatoms. The van der Waals surface area contributed by atoms with Crippen LogP contribution in [0, 0.1) is 0 Å². The van der Waals surface area contributed by atoms with Crippen LogP contribution in [0.5, 0.6) is 0 Å². The summed E-state index contributed by atoms with van der Waals surface area (Å²) in [5, 5.41) is 5.11. The second-order valence-corrected chi connectivity index (χ2v) is 6.47. The minimum absolute atomic E-state index is 0.321. The van der Waals surface area contributed by atoms with Gasteiger partial charge in [0.2, 0.25) is 0 Å². The Morgan fingerprint density at radius 1 is 1.19 bits per heavy atom. The molecule has 2 heterocycles. The first-order chi connectivity index (χ1) is 12.6. The molecular formula is C20H18N2O3S. The van der Waals surface area contributed by atoms with Gasteiger partial charge in [0.05, 0.1) is 12.7 Å². The van der Waals surface area contributed by atoms with E-state index in [1.165, 1.54) is 30.2 Å². The molecule has 5 nitrogen and oxygen atoms in total. The maximum absolute atomic E-state index is 12.4. The number of aromatic nitrogens is 1. The molecule has 3 rings (SSSR count). The number of methoxy groups -OCH3 is 1. The van der Waals surface area contributed by atoms with Crippen LogP contribution in [0.2, 0.25) is 0 Å². The molecule has 132 valence electrons. The average molecular weight is 366 g/mol. The number of ether oxygens (including phenoxy) is 1. The van der Waals surface area contributed by atoms with E-state index in [0.717, 1.165) is 17.5 Å². The van der Waals surface area contributed by atoms with Crippen LogP contribution < -0.4 is 5.32 Å². The summed E-state index contributed by atoms with van der Waals surface area (Å²) in [5.74, 6) is -0.805. The van der Waals surface area contributed by atoms with Gasteiger partial charge in [0, 0.05) is 23.3 Å². The summed E-state index contributed by atoms with van der Waals surface area (Å²) in [6, 6.07) is 11.4. The second kappa shape index (κ2) is 7.93. The maximum Gasteiger partial charge on any atom is 0.341 e. The molecule has 0 unspecified atom stereocenters. The lowest BCUT2D eigenvalue weighted by Crippen LogP contribution is -2.14. The van der Waals surface area contributed by atoms with E-state index < -0.39 is 5.97 Å². The highest BCUT2D eigenvalue weighted by molar-refractivity contribution is 7.15. The smallest absolute Gasteiger partial charge is 0.341 e. The Hall–Kier alpha value is -2.99. The van der Waals surface area contributed by atoms with Gasteiger partial charge in [-0.15, -0.1) is 11.3 Å². The lowest BCUT2D eigenvalue weighted by molar-refractivity contribution is 0.0603. The number of anilines is 1. The number of hydrogen-bond donors (Lipinski definition) is 1. The topological polar surface area (TPSA) is 68.3 Å². The molecule has 0 aliphatic carbocycles. The molecule has 0 saturated carbocycles. The summed E-state index contributed by atoms with van der Waals surface area (Å²) in [4.78, 5) is 28.7. The molecule has 2 aromatic heterocycles. The molecule has 0 atom stereocenters. The molecule has 0 fully saturated rings. The van der Waals surface area contributed by atoms with Crippen LogP contribution in [0.15, 0.2) is 54.2 Å². The van der Waals surface area contributed by atoms with Crippen LogP contribution in [0.3, 0.4) is 0 Å². The Labute approximate surface area is 155 Å². The van der Waals surface area contributed by atoms with Crippen LogP contribution in [-0.2, 0) is 11.2 Å². The van der Waals surface area contributed by atoms with E-state index in [0.29, 0.717) is 16.1 Å². The van der Waals surface area contributed by atoms with E-state index >= 15 is 0 Å². The average Bonchev–Trinajstić information content (AvgIpc) is 3.11. The van der Waals surface area contributed by atoms with Crippen molar-refractivity contribution in [2.45, 2.75) is 13.3 Å². The van der Waals surface area contributed by atoms with E-state index in [-0.39, 0.29) is 5.91 Å². The molecule has 0 aliphatic heterocycles. The number of amides is 1. The van der Waals surface area contributed by atoms with Crippen molar-refractivity contribution < 1.29 is 14.3 Å². The first-order valence-electron chi connectivity index (χ1n) is 8.14. The number of nitrogens with one attached hydrogen (secondary N) is 1. The molecule has 3 aromatic rings. The fourth-order valence-corrected chi connectivity index (χ4v) is 3.51. The molecule has 0 spiro atoms. The SMILES string of the molecule is CCc1ccc(-c2csc(NC(=O)c3cccnc3)c2C(=O)OC)cc1. The Kier molecular flexibility index (Phi) is 5.43. The van der Waals surface area contributed by atoms with Gasteiger partial charge in [0.1, 0.15) is 10.6 Å². The number of nitrogens with zero attached hydrogens (tertiary/aromatic N) is 1. The highest BCUT2D eigenvalue weighted by Gasteiger charge is 2.22. The number of thiophene rings is 1. The van der Waals surface area contributed by atoms with Crippen molar-refractivity contribution in [1.82, 2.24) is 4.98 Å². The van der Waals surface area contributed by atoms with Crippen molar-refractivity contribution in [3.8, 4) is 11.1 Å². The first-order valence-corrected chi connectivity index (χ1v) is 9.02.